The van der Waals surface area contributed by atoms with Crippen molar-refractivity contribution in [1.29, 1.82) is 5.26 Å². The molecule has 0 radical (unpaired) electrons. The highest BCUT2D eigenvalue weighted by Gasteiger charge is 2.12. The Kier molecular flexibility index (Phi) is 3.53. The minimum atomic E-state index is 0.255. The van der Waals surface area contributed by atoms with E-state index in [1.54, 1.807) is 30.5 Å². The Morgan fingerprint density at radius 2 is 2.05 bits per heavy atom. The first kappa shape index (κ1) is 12.7. The average Bonchev–Trinajstić information content (AvgIpc) is 2.41. The fourth-order valence-electron chi connectivity index (χ4n) is 1.62. The Bertz CT molecular complexity index is 648. The monoisotopic (exact) mass is 255 g/mol. The second-order valence-electron chi connectivity index (χ2n) is 3.93. The van der Waals surface area contributed by atoms with Crippen molar-refractivity contribution in [3.63, 3.8) is 0 Å². The smallest absolute Gasteiger partial charge is 0.237 e. The topological polar surface area (TPSA) is 81.2 Å². The molecule has 5 heteroatoms. The molecule has 0 aliphatic heterocycles. The summed E-state index contributed by atoms with van der Waals surface area (Å²) in [4.78, 5) is 4.07. The summed E-state index contributed by atoms with van der Waals surface area (Å²) < 4.78 is 10.8. The summed E-state index contributed by atoms with van der Waals surface area (Å²) in [6.07, 6.45) is 1.59. The van der Waals surface area contributed by atoms with Gasteiger partial charge in [-0.05, 0) is 30.7 Å². The van der Waals surface area contributed by atoms with Crippen LogP contribution in [0.25, 0.3) is 0 Å². The zero-order chi connectivity index (χ0) is 13.8. The molecule has 0 saturated carbocycles. The lowest BCUT2D eigenvalue weighted by molar-refractivity contribution is 0.374. The first-order chi connectivity index (χ1) is 9.15. The van der Waals surface area contributed by atoms with Crippen molar-refractivity contribution in [3.8, 4) is 23.4 Å². The van der Waals surface area contributed by atoms with Gasteiger partial charge in [0.15, 0.2) is 11.5 Å². The van der Waals surface area contributed by atoms with E-state index in [1.807, 2.05) is 6.92 Å². The van der Waals surface area contributed by atoms with E-state index in [-0.39, 0.29) is 5.88 Å². The zero-order valence-corrected chi connectivity index (χ0v) is 10.7. The Hall–Kier alpha value is -2.74. The van der Waals surface area contributed by atoms with Gasteiger partial charge in [-0.1, -0.05) is 0 Å². The number of nitrogen functional groups attached to an aromatic ring is 1. The van der Waals surface area contributed by atoms with Crippen LogP contribution in [0.4, 0.5) is 5.69 Å². The van der Waals surface area contributed by atoms with Gasteiger partial charge >= 0.3 is 0 Å². The molecule has 2 aromatic rings. The van der Waals surface area contributed by atoms with Gasteiger partial charge in [0.25, 0.3) is 0 Å². The Labute approximate surface area is 111 Å². The van der Waals surface area contributed by atoms with Crippen molar-refractivity contribution >= 4 is 5.69 Å². The second kappa shape index (κ2) is 5.27. The molecule has 0 aliphatic rings. The quantitative estimate of drug-likeness (QED) is 0.852. The predicted molar refractivity (Wildman–Crippen MR) is 71.2 cm³/mol. The van der Waals surface area contributed by atoms with Gasteiger partial charge in [-0.2, -0.15) is 5.26 Å². The van der Waals surface area contributed by atoms with E-state index in [4.69, 9.17) is 20.5 Å². The molecule has 0 fully saturated rings. The summed E-state index contributed by atoms with van der Waals surface area (Å²) in [5.41, 5.74) is 7.46. The minimum Gasteiger partial charge on any atom is -0.493 e. The number of aryl methyl sites for hydroxylation is 1. The highest BCUT2D eigenvalue weighted by Crippen LogP contribution is 2.33. The Morgan fingerprint density at radius 1 is 1.26 bits per heavy atom. The number of hydrogen-bond donors (Lipinski definition) is 1. The number of pyridine rings is 1. The summed E-state index contributed by atoms with van der Waals surface area (Å²) in [6, 6.07) is 8.86. The molecule has 0 unspecified atom stereocenters. The van der Waals surface area contributed by atoms with Crippen LogP contribution in [-0.2, 0) is 0 Å². The summed E-state index contributed by atoms with van der Waals surface area (Å²) in [5, 5.41) is 9.13. The number of nitriles is 1. The van der Waals surface area contributed by atoms with Crippen molar-refractivity contribution < 1.29 is 9.47 Å². The molecule has 1 aromatic heterocycles. The summed E-state index contributed by atoms with van der Waals surface area (Å²) >= 11 is 0. The molecule has 0 aliphatic carbocycles. The first-order valence-corrected chi connectivity index (χ1v) is 5.62. The van der Waals surface area contributed by atoms with E-state index in [2.05, 4.69) is 11.1 Å². The molecule has 0 amide bonds. The Morgan fingerprint density at radius 3 is 2.74 bits per heavy atom. The van der Waals surface area contributed by atoms with E-state index in [1.165, 1.54) is 7.11 Å². The SMILES string of the molecule is COc1cc(N)ccc1Oc1nccc(C)c1C#N. The van der Waals surface area contributed by atoms with Gasteiger partial charge in [0.05, 0.1) is 7.11 Å². The third-order valence-electron chi connectivity index (χ3n) is 2.63. The molecule has 0 bridgehead atoms. The summed E-state index contributed by atoms with van der Waals surface area (Å²) in [5.74, 6) is 1.21. The van der Waals surface area contributed by atoms with Crippen LogP contribution in [0.3, 0.4) is 0 Å². The molecule has 1 aromatic carbocycles. The lowest BCUT2D eigenvalue weighted by atomic mass is 10.2. The van der Waals surface area contributed by atoms with Crippen molar-refractivity contribution in [2.75, 3.05) is 12.8 Å². The Balaban J connectivity index is 2.42. The van der Waals surface area contributed by atoms with Crippen LogP contribution in [0.15, 0.2) is 30.5 Å². The van der Waals surface area contributed by atoms with Crippen LogP contribution >= 0.6 is 0 Å². The lowest BCUT2D eigenvalue weighted by Crippen LogP contribution is -1.97. The number of hydrogen-bond acceptors (Lipinski definition) is 5. The third kappa shape index (κ3) is 2.58. The third-order valence-corrected chi connectivity index (χ3v) is 2.63. The number of benzene rings is 1. The molecule has 0 saturated heterocycles. The number of anilines is 1. The van der Waals surface area contributed by atoms with Gasteiger partial charge < -0.3 is 15.2 Å². The maximum Gasteiger partial charge on any atom is 0.237 e. The van der Waals surface area contributed by atoms with Crippen LogP contribution in [0.2, 0.25) is 0 Å². The molecular weight excluding hydrogens is 242 g/mol. The van der Waals surface area contributed by atoms with Gasteiger partial charge in [-0.25, -0.2) is 4.98 Å². The lowest BCUT2D eigenvalue weighted by Gasteiger charge is -2.11. The molecule has 0 atom stereocenters. The van der Waals surface area contributed by atoms with E-state index >= 15 is 0 Å². The average molecular weight is 255 g/mol. The van der Waals surface area contributed by atoms with Crippen molar-refractivity contribution in [2.24, 2.45) is 0 Å². The van der Waals surface area contributed by atoms with Crippen molar-refractivity contribution in [1.82, 2.24) is 4.98 Å². The highest BCUT2D eigenvalue weighted by molar-refractivity contribution is 5.54. The van der Waals surface area contributed by atoms with Gasteiger partial charge in [-0.3, -0.25) is 0 Å². The fourth-order valence-corrected chi connectivity index (χ4v) is 1.62. The maximum absolute atomic E-state index is 9.13. The van der Waals surface area contributed by atoms with Crippen LogP contribution in [-0.4, -0.2) is 12.1 Å². The zero-order valence-electron chi connectivity index (χ0n) is 10.7. The van der Waals surface area contributed by atoms with Crippen LogP contribution in [0.5, 0.6) is 17.4 Å². The van der Waals surface area contributed by atoms with E-state index in [9.17, 15) is 0 Å². The minimum absolute atomic E-state index is 0.255. The molecule has 19 heavy (non-hydrogen) atoms. The molecule has 96 valence electrons. The van der Waals surface area contributed by atoms with Gasteiger partial charge in [0, 0.05) is 18.0 Å². The van der Waals surface area contributed by atoms with Crippen molar-refractivity contribution in [2.45, 2.75) is 6.92 Å². The molecule has 2 N–H and O–H groups in total. The van der Waals surface area contributed by atoms with Crippen molar-refractivity contribution in [3.05, 3.63) is 41.6 Å². The number of ether oxygens (including phenoxy) is 2. The predicted octanol–water partition coefficient (Wildman–Crippen LogP) is 2.64. The molecule has 5 nitrogen and oxygen atoms in total. The van der Waals surface area contributed by atoms with Crippen LogP contribution in [0.1, 0.15) is 11.1 Å². The second-order valence-corrected chi connectivity index (χ2v) is 3.93. The molecule has 0 spiro atoms. The number of rotatable bonds is 3. The number of nitrogens with zero attached hydrogens (tertiary/aromatic N) is 2. The van der Waals surface area contributed by atoms with Gasteiger partial charge in [0.2, 0.25) is 5.88 Å². The standard InChI is InChI=1S/C14H13N3O2/c1-9-5-6-17-14(11(9)8-15)19-12-4-3-10(16)7-13(12)18-2/h3-7H,16H2,1-2H3. The van der Waals surface area contributed by atoms with Crippen LogP contribution < -0.4 is 15.2 Å². The van der Waals surface area contributed by atoms with E-state index in [0.29, 0.717) is 22.7 Å². The maximum atomic E-state index is 9.13. The van der Waals surface area contributed by atoms with Gasteiger partial charge in [-0.15, -0.1) is 0 Å². The highest BCUT2D eigenvalue weighted by atomic mass is 16.5. The first-order valence-electron chi connectivity index (χ1n) is 5.62. The van der Waals surface area contributed by atoms with Gasteiger partial charge in [0.1, 0.15) is 11.6 Å². The summed E-state index contributed by atoms with van der Waals surface area (Å²) in [6.45, 7) is 1.83. The fraction of sp³-hybridized carbons (Fsp3) is 0.143. The normalized spacial score (nSPS) is 9.74. The number of methoxy groups -OCH3 is 1. The molecule has 2 rings (SSSR count). The van der Waals surface area contributed by atoms with Crippen LogP contribution in [0, 0.1) is 18.3 Å². The van der Waals surface area contributed by atoms with E-state index in [0.717, 1.165) is 5.56 Å². The number of nitrogens with two attached hydrogens (primary N) is 1. The number of aromatic nitrogens is 1. The molecular formula is C14H13N3O2. The largest absolute Gasteiger partial charge is 0.493 e. The van der Waals surface area contributed by atoms with E-state index < -0.39 is 0 Å². The molecule has 1 heterocycles. The summed E-state index contributed by atoms with van der Waals surface area (Å²) in [7, 11) is 1.52.